The number of thiophene rings is 1. The van der Waals surface area contributed by atoms with Crippen LogP contribution in [0, 0.1) is 0 Å². The summed E-state index contributed by atoms with van der Waals surface area (Å²) >= 11 is 1.95. The molecule has 0 unspecified atom stereocenters. The van der Waals surface area contributed by atoms with E-state index >= 15 is 0 Å². The van der Waals surface area contributed by atoms with E-state index in [1.807, 2.05) is 11.3 Å². The lowest BCUT2D eigenvalue weighted by Gasteiger charge is -2.44. The molecule has 0 bridgehead atoms. The molecule has 0 N–H and O–H groups in total. The van der Waals surface area contributed by atoms with Crippen LogP contribution in [0.15, 0.2) is 170 Å². The van der Waals surface area contributed by atoms with Crippen molar-refractivity contribution in [2.75, 3.05) is 14.7 Å². The zero-order chi connectivity index (χ0) is 47.3. The number of hydrogen-bond acceptors (Lipinski definition) is 5. The lowest BCUT2D eigenvalue weighted by Crippen LogP contribution is -2.63. The minimum Gasteiger partial charge on any atom is -0.458 e. The van der Waals surface area contributed by atoms with Crippen LogP contribution in [0.4, 0.5) is 51.2 Å². The molecule has 0 radical (unpaired) electrons. The Bertz CT molecular complexity index is 3560. The van der Waals surface area contributed by atoms with Gasteiger partial charge in [0, 0.05) is 66.4 Å². The average molecular weight is 912 g/mol. The molecule has 9 aromatic rings. The van der Waals surface area contributed by atoms with Crippen LogP contribution in [0.5, 0.6) is 11.5 Å². The lowest BCUT2D eigenvalue weighted by atomic mass is 9.31. The van der Waals surface area contributed by atoms with Gasteiger partial charge in [-0.15, -0.1) is 11.3 Å². The number of hydrogen-bond donors (Lipinski definition) is 0. The zero-order valence-corrected chi connectivity index (χ0v) is 41.8. The Hall–Kier alpha value is -6.95. The predicted octanol–water partition coefficient (Wildman–Crippen LogP) is 13.3. The molecule has 0 saturated heterocycles. The van der Waals surface area contributed by atoms with Crippen molar-refractivity contribution in [2.45, 2.75) is 78.6 Å². The van der Waals surface area contributed by atoms with E-state index in [2.05, 4.69) is 247 Å². The van der Waals surface area contributed by atoms with Crippen LogP contribution in [0.25, 0.3) is 10.1 Å². The topological polar surface area (TPSA) is 19.0 Å². The number of anilines is 9. The average Bonchev–Trinajstić information content (AvgIpc) is 3.72. The Labute approximate surface area is 412 Å². The molecule has 0 saturated carbocycles. The quantitative estimate of drug-likeness (QED) is 0.164. The van der Waals surface area contributed by atoms with E-state index in [0.717, 1.165) is 34.2 Å². The van der Waals surface area contributed by atoms with E-state index in [1.54, 1.807) is 0 Å². The smallest absolute Gasteiger partial charge is 0.264 e. The molecule has 13 rings (SSSR count). The normalized spacial score (nSPS) is 14.4. The van der Waals surface area contributed by atoms with Crippen LogP contribution in [0.2, 0.25) is 0 Å². The van der Waals surface area contributed by atoms with Crippen LogP contribution in [0.1, 0.15) is 79.0 Å². The number of benzene rings is 8. The van der Waals surface area contributed by atoms with E-state index in [0.29, 0.717) is 0 Å². The molecule has 8 aromatic carbocycles. The Morgan fingerprint density at radius 2 is 0.884 bits per heavy atom. The third-order valence-electron chi connectivity index (χ3n) is 15.2. The van der Waals surface area contributed by atoms with E-state index in [1.165, 1.54) is 87.3 Å². The van der Waals surface area contributed by atoms with Crippen LogP contribution >= 0.6 is 11.3 Å². The first-order valence-electron chi connectivity index (χ1n) is 24.6. The highest BCUT2D eigenvalue weighted by atomic mass is 32.1. The Morgan fingerprint density at radius 1 is 0.391 bits per heavy atom. The molecular weight excluding hydrogens is 856 g/mol. The largest absolute Gasteiger partial charge is 0.458 e. The van der Waals surface area contributed by atoms with Crippen molar-refractivity contribution < 1.29 is 4.74 Å². The molecule has 0 amide bonds. The third-order valence-corrected chi connectivity index (χ3v) is 16.4. The summed E-state index contributed by atoms with van der Waals surface area (Å²) in [7, 11) is 0. The van der Waals surface area contributed by atoms with Gasteiger partial charge in [0.2, 0.25) is 0 Å². The van der Waals surface area contributed by atoms with Gasteiger partial charge in [-0.2, -0.15) is 0 Å². The summed E-state index contributed by atoms with van der Waals surface area (Å²) in [5.41, 5.74) is 21.1. The standard InChI is InChI=1S/C62H55B2N3OS/c1-60(2,3)38-24-30-41(31-25-38)65-48-18-12-11-17-45(48)63-47-36-46-52(37-54(47)68-53-22-15-21-51(65)57(53)63)66(42-32-26-39(27-33-42)61(4,5)6)49-19-14-20-50-56(49)64(46)59-58(44-16-10-13-23-55(44)69-59)67(50)43-34-28-40(29-35-43)62(7,8)9/h10-37H,1-9H3. The van der Waals surface area contributed by atoms with Gasteiger partial charge < -0.3 is 19.4 Å². The first-order valence-corrected chi connectivity index (χ1v) is 25.4. The molecule has 0 aliphatic carbocycles. The third kappa shape index (κ3) is 6.35. The summed E-state index contributed by atoms with van der Waals surface area (Å²) in [5, 5.41) is 1.28. The summed E-state index contributed by atoms with van der Waals surface area (Å²) in [6.07, 6.45) is 0. The fraction of sp³-hybridized carbons (Fsp3) is 0.194. The lowest BCUT2D eigenvalue weighted by molar-refractivity contribution is 0.488. The molecule has 1 aromatic heterocycles. The Morgan fingerprint density at radius 3 is 1.49 bits per heavy atom. The first-order chi connectivity index (χ1) is 33.1. The van der Waals surface area contributed by atoms with Gasteiger partial charge in [-0.3, -0.25) is 0 Å². The molecule has 0 spiro atoms. The summed E-state index contributed by atoms with van der Waals surface area (Å²) < 4.78 is 9.93. The fourth-order valence-electron chi connectivity index (χ4n) is 11.6. The SMILES string of the molecule is CC(C)(C)c1ccc(N2c3ccccc3B3c4cc5c(cc4Oc4cccc2c43)N(c2ccc(C(C)(C)C)cc2)c2cccc3c2B5c2sc4ccccc4c2N3c2ccc(C(C)(C)C)cc2)cc1. The predicted molar refractivity (Wildman–Crippen MR) is 298 cm³/mol. The van der Waals surface area contributed by atoms with Gasteiger partial charge in [0.25, 0.3) is 13.4 Å². The van der Waals surface area contributed by atoms with Gasteiger partial charge in [0.15, 0.2) is 0 Å². The van der Waals surface area contributed by atoms with E-state index < -0.39 is 0 Å². The minimum atomic E-state index is -0.0361. The van der Waals surface area contributed by atoms with Crippen LogP contribution in [-0.2, 0) is 16.2 Å². The second-order valence-corrected chi connectivity index (χ2v) is 23.7. The minimum absolute atomic E-state index is 0.0209. The highest BCUT2D eigenvalue weighted by Crippen LogP contribution is 2.49. The van der Waals surface area contributed by atoms with Crippen LogP contribution in [0.3, 0.4) is 0 Å². The maximum Gasteiger partial charge on any atom is 0.264 e. The second kappa shape index (κ2) is 14.8. The van der Waals surface area contributed by atoms with Crippen LogP contribution in [-0.4, -0.2) is 13.4 Å². The highest BCUT2D eigenvalue weighted by molar-refractivity contribution is 7.33. The van der Waals surface area contributed by atoms with E-state index in [4.69, 9.17) is 4.74 Å². The van der Waals surface area contributed by atoms with Crippen LogP contribution < -0.4 is 51.5 Å². The zero-order valence-electron chi connectivity index (χ0n) is 41.0. The summed E-state index contributed by atoms with van der Waals surface area (Å²) in [4.78, 5) is 7.53. The van der Waals surface area contributed by atoms with Crippen molar-refractivity contribution in [3.63, 3.8) is 0 Å². The maximum atomic E-state index is 7.26. The molecule has 5 heterocycles. The second-order valence-electron chi connectivity index (χ2n) is 22.6. The summed E-state index contributed by atoms with van der Waals surface area (Å²) in [6, 6.07) is 64.3. The number of ether oxygens (including phenoxy) is 1. The van der Waals surface area contributed by atoms with Gasteiger partial charge in [-0.1, -0.05) is 153 Å². The van der Waals surface area contributed by atoms with Crippen molar-refractivity contribution in [3.05, 3.63) is 187 Å². The molecule has 4 aliphatic rings. The van der Waals surface area contributed by atoms with Gasteiger partial charge >= 0.3 is 0 Å². The molecule has 336 valence electrons. The maximum absolute atomic E-state index is 7.26. The van der Waals surface area contributed by atoms with Gasteiger partial charge in [0.1, 0.15) is 11.5 Å². The molecule has 69 heavy (non-hydrogen) atoms. The molecule has 0 fully saturated rings. The number of rotatable bonds is 3. The van der Waals surface area contributed by atoms with Crippen molar-refractivity contribution in [3.8, 4) is 11.5 Å². The highest BCUT2D eigenvalue weighted by Gasteiger charge is 2.48. The molecule has 0 atom stereocenters. The summed E-state index contributed by atoms with van der Waals surface area (Å²) in [6.45, 7) is 20.5. The van der Waals surface area contributed by atoms with E-state index in [-0.39, 0.29) is 29.7 Å². The van der Waals surface area contributed by atoms with Gasteiger partial charge in [0.05, 0.1) is 5.69 Å². The van der Waals surface area contributed by atoms with E-state index in [9.17, 15) is 0 Å². The monoisotopic (exact) mass is 911 g/mol. The van der Waals surface area contributed by atoms with Gasteiger partial charge in [-0.05, 0) is 133 Å². The van der Waals surface area contributed by atoms with Crippen molar-refractivity contribution in [1.29, 1.82) is 0 Å². The molecule has 4 nitrogen and oxygen atoms in total. The fourth-order valence-corrected chi connectivity index (χ4v) is 13.0. The first kappa shape index (κ1) is 42.2. The number of nitrogens with zero attached hydrogens (tertiary/aromatic N) is 3. The van der Waals surface area contributed by atoms with Crippen molar-refractivity contribution in [1.82, 2.24) is 0 Å². The summed E-state index contributed by atoms with van der Waals surface area (Å²) in [5.74, 6) is 1.82. The number of para-hydroxylation sites is 1. The Kier molecular flexibility index (Phi) is 9.03. The van der Waals surface area contributed by atoms with Crippen molar-refractivity contribution >= 4 is 118 Å². The molecule has 4 aliphatic heterocycles. The Balaban J connectivity index is 1.06. The number of fused-ring (bicyclic) bond motifs is 10. The molecule has 7 heteroatoms. The molecular formula is C62H55B2N3OS. The van der Waals surface area contributed by atoms with Crippen molar-refractivity contribution in [2.24, 2.45) is 0 Å². The van der Waals surface area contributed by atoms with Gasteiger partial charge in [-0.25, -0.2) is 0 Å².